The standard InChI is InChI=1S/C17H33N3/c1-2-10-19-11-3-8-17(14-18,9-12-19)20(16-6-7-16)13-15-4-5-15/h15-16H,2-14,18H2,1H3. The van der Waals surface area contributed by atoms with Crippen LogP contribution in [0, 0.1) is 5.92 Å². The minimum absolute atomic E-state index is 0.326. The van der Waals surface area contributed by atoms with E-state index in [9.17, 15) is 0 Å². The van der Waals surface area contributed by atoms with Crippen molar-refractivity contribution in [2.45, 2.75) is 69.9 Å². The Bertz CT molecular complexity index is 311. The van der Waals surface area contributed by atoms with Crippen molar-refractivity contribution in [2.24, 2.45) is 11.7 Å². The van der Waals surface area contributed by atoms with Gasteiger partial charge in [0, 0.05) is 24.7 Å². The highest BCUT2D eigenvalue weighted by atomic mass is 15.3. The number of hydrogen-bond acceptors (Lipinski definition) is 3. The van der Waals surface area contributed by atoms with E-state index in [1.807, 2.05) is 0 Å². The van der Waals surface area contributed by atoms with E-state index < -0.39 is 0 Å². The number of hydrogen-bond donors (Lipinski definition) is 1. The van der Waals surface area contributed by atoms with Gasteiger partial charge in [-0.05, 0) is 76.9 Å². The molecule has 3 aliphatic rings. The second kappa shape index (κ2) is 6.33. The third-order valence-electron chi connectivity index (χ3n) is 5.68. The molecule has 0 amide bonds. The fraction of sp³-hybridized carbons (Fsp3) is 1.00. The highest BCUT2D eigenvalue weighted by molar-refractivity contribution is 5.02. The summed E-state index contributed by atoms with van der Waals surface area (Å²) in [6.45, 7) is 8.33. The van der Waals surface area contributed by atoms with Gasteiger partial charge in [0.1, 0.15) is 0 Å². The molecule has 1 saturated heterocycles. The Balaban J connectivity index is 1.67. The second-order valence-corrected chi connectivity index (χ2v) is 7.45. The van der Waals surface area contributed by atoms with Gasteiger partial charge < -0.3 is 10.6 Å². The Morgan fingerprint density at radius 1 is 1.15 bits per heavy atom. The largest absolute Gasteiger partial charge is 0.329 e. The molecule has 3 rings (SSSR count). The minimum Gasteiger partial charge on any atom is -0.329 e. The van der Waals surface area contributed by atoms with Gasteiger partial charge >= 0.3 is 0 Å². The summed E-state index contributed by atoms with van der Waals surface area (Å²) >= 11 is 0. The summed E-state index contributed by atoms with van der Waals surface area (Å²) in [5.74, 6) is 0.994. The predicted molar refractivity (Wildman–Crippen MR) is 84.8 cm³/mol. The number of nitrogens with two attached hydrogens (primary N) is 1. The van der Waals surface area contributed by atoms with E-state index in [0.717, 1.165) is 18.5 Å². The highest BCUT2D eigenvalue weighted by Crippen LogP contribution is 2.41. The highest BCUT2D eigenvalue weighted by Gasteiger charge is 2.45. The quantitative estimate of drug-likeness (QED) is 0.777. The molecular formula is C17H33N3. The van der Waals surface area contributed by atoms with Gasteiger partial charge in [-0.15, -0.1) is 0 Å². The van der Waals surface area contributed by atoms with Crippen molar-refractivity contribution in [3.05, 3.63) is 0 Å². The van der Waals surface area contributed by atoms with Crippen molar-refractivity contribution < 1.29 is 0 Å². The SMILES string of the molecule is CCCN1CCCC(CN)(N(CC2CC2)C2CC2)CC1. The molecule has 2 saturated carbocycles. The van der Waals surface area contributed by atoms with E-state index in [0.29, 0.717) is 5.54 Å². The lowest BCUT2D eigenvalue weighted by molar-refractivity contribution is 0.0642. The van der Waals surface area contributed by atoms with Gasteiger partial charge in [0.25, 0.3) is 0 Å². The van der Waals surface area contributed by atoms with Crippen molar-refractivity contribution in [1.29, 1.82) is 0 Å². The van der Waals surface area contributed by atoms with E-state index in [2.05, 4.69) is 16.7 Å². The molecule has 0 bridgehead atoms. The van der Waals surface area contributed by atoms with Crippen LogP contribution in [-0.2, 0) is 0 Å². The van der Waals surface area contributed by atoms with Crippen molar-refractivity contribution in [2.75, 3.05) is 32.7 Å². The summed E-state index contributed by atoms with van der Waals surface area (Å²) in [4.78, 5) is 5.54. The molecule has 0 aromatic rings. The minimum atomic E-state index is 0.326. The summed E-state index contributed by atoms with van der Waals surface area (Å²) < 4.78 is 0. The first-order valence-electron chi connectivity index (χ1n) is 8.96. The summed E-state index contributed by atoms with van der Waals surface area (Å²) in [5.41, 5.74) is 6.66. The summed E-state index contributed by atoms with van der Waals surface area (Å²) in [7, 11) is 0. The zero-order chi connectivity index (χ0) is 14.0. The molecule has 1 unspecified atom stereocenters. The van der Waals surface area contributed by atoms with E-state index in [1.165, 1.54) is 77.5 Å². The van der Waals surface area contributed by atoms with E-state index in [-0.39, 0.29) is 0 Å². The zero-order valence-electron chi connectivity index (χ0n) is 13.3. The first-order chi connectivity index (χ1) is 9.77. The van der Waals surface area contributed by atoms with Crippen LogP contribution in [0.1, 0.15) is 58.3 Å². The Labute approximate surface area is 124 Å². The van der Waals surface area contributed by atoms with Crippen LogP contribution in [-0.4, -0.2) is 54.1 Å². The van der Waals surface area contributed by atoms with Gasteiger partial charge in [-0.1, -0.05) is 6.92 Å². The molecule has 20 heavy (non-hydrogen) atoms. The van der Waals surface area contributed by atoms with Crippen molar-refractivity contribution in [3.8, 4) is 0 Å². The lowest BCUT2D eigenvalue weighted by Gasteiger charge is -2.44. The topological polar surface area (TPSA) is 32.5 Å². The maximum absolute atomic E-state index is 6.33. The molecule has 0 radical (unpaired) electrons. The summed E-state index contributed by atoms with van der Waals surface area (Å²) in [6, 6.07) is 0.872. The Morgan fingerprint density at radius 2 is 1.95 bits per heavy atom. The smallest absolute Gasteiger partial charge is 0.0347 e. The molecule has 2 N–H and O–H groups in total. The van der Waals surface area contributed by atoms with Crippen LogP contribution in [0.5, 0.6) is 0 Å². The summed E-state index contributed by atoms with van der Waals surface area (Å²) in [6.07, 6.45) is 11.0. The Kier molecular flexibility index (Phi) is 4.68. The van der Waals surface area contributed by atoms with Gasteiger partial charge in [0.15, 0.2) is 0 Å². The van der Waals surface area contributed by atoms with Crippen LogP contribution in [0.2, 0.25) is 0 Å². The fourth-order valence-corrected chi connectivity index (χ4v) is 4.08. The van der Waals surface area contributed by atoms with Gasteiger partial charge in [-0.25, -0.2) is 0 Å². The van der Waals surface area contributed by atoms with Crippen molar-refractivity contribution in [3.63, 3.8) is 0 Å². The van der Waals surface area contributed by atoms with Gasteiger partial charge in [0.2, 0.25) is 0 Å². The number of likely N-dealkylation sites (tertiary alicyclic amines) is 1. The molecular weight excluding hydrogens is 246 g/mol. The Hall–Kier alpha value is -0.120. The molecule has 1 atom stereocenters. The Morgan fingerprint density at radius 3 is 2.55 bits per heavy atom. The normalized spacial score (nSPS) is 32.5. The van der Waals surface area contributed by atoms with Crippen molar-refractivity contribution in [1.82, 2.24) is 9.80 Å². The van der Waals surface area contributed by atoms with Crippen LogP contribution in [0.3, 0.4) is 0 Å². The molecule has 116 valence electrons. The molecule has 1 aliphatic heterocycles. The predicted octanol–water partition coefficient (Wildman–Crippen LogP) is 2.45. The van der Waals surface area contributed by atoms with Crippen molar-refractivity contribution >= 4 is 0 Å². The van der Waals surface area contributed by atoms with Gasteiger partial charge in [-0.3, -0.25) is 4.90 Å². The first-order valence-corrected chi connectivity index (χ1v) is 8.96. The van der Waals surface area contributed by atoms with E-state index in [4.69, 9.17) is 5.73 Å². The van der Waals surface area contributed by atoms with E-state index >= 15 is 0 Å². The lowest BCUT2D eigenvalue weighted by atomic mass is 9.87. The van der Waals surface area contributed by atoms with E-state index in [1.54, 1.807) is 0 Å². The van der Waals surface area contributed by atoms with Crippen LogP contribution in [0.15, 0.2) is 0 Å². The monoisotopic (exact) mass is 279 g/mol. The molecule has 0 aromatic heterocycles. The third kappa shape index (κ3) is 3.37. The zero-order valence-corrected chi connectivity index (χ0v) is 13.3. The maximum atomic E-state index is 6.33. The molecule has 3 heteroatoms. The molecule has 3 fully saturated rings. The molecule has 1 heterocycles. The molecule has 3 nitrogen and oxygen atoms in total. The molecule has 0 spiro atoms. The van der Waals surface area contributed by atoms with Crippen LogP contribution >= 0.6 is 0 Å². The average molecular weight is 279 g/mol. The van der Waals surface area contributed by atoms with Crippen LogP contribution < -0.4 is 5.73 Å². The average Bonchev–Trinajstić information content (AvgIpc) is 3.30. The van der Waals surface area contributed by atoms with Crippen LogP contribution in [0.4, 0.5) is 0 Å². The molecule has 0 aromatic carbocycles. The number of nitrogens with zero attached hydrogens (tertiary/aromatic N) is 2. The number of rotatable bonds is 7. The second-order valence-electron chi connectivity index (χ2n) is 7.45. The summed E-state index contributed by atoms with van der Waals surface area (Å²) in [5, 5.41) is 0. The van der Waals surface area contributed by atoms with Gasteiger partial charge in [-0.2, -0.15) is 0 Å². The lowest BCUT2D eigenvalue weighted by Crippen LogP contribution is -2.56. The third-order valence-corrected chi connectivity index (χ3v) is 5.68. The molecule has 2 aliphatic carbocycles. The first kappa shape index (κ1) is 14.8. The van der Waals surface area contributed by atoms with Gasteiger partial charge in [0.05, 0.1) is 0 Å². The maximum Gasteiger partial charge on any atom is 0.0347 e. The fourth-order valence-electron chi connectivity index (χ4n) is 4.08. The van der Waals surface area contributed by atoms with Crippen LogP contribution in [0.25, 0.3) is 0 Å².